The molecule has 0 saturated heterocycles. The Labute approximate surface area is 158 Å². The van der Waals surface area contributed by atoms with Gasteiger partial charge in [-0.05, 0) is 56.0 Å². The molecule has 0 aliphatic heterocycles. The number of H-pyrrole nitrogens is 1. The van der Waals surface area contributed by atoms with Gasteiger partial charge in [0.2, 0.25) is 0 Å². The number of fused-ring (bicyclic) bond motifs is 1. The van der Waals surface area contributed by atoms with E-state index in [2.05, 4.69) is 16.4 Å². The third-order valence-corrected chi connectivity index (χ3v) is 4.46. The molecular weight excluding hydrogens is 340 g/mol. The number of hydrogen-bond donors (Lipinski definition) is 2. The molecule has 2 aromatic carbocycles. The van der Waals surface area contributed by atoms with Gasteiger partial charge in [-0.3, -0.25) is 9.59 Å². The Morgan fingerprint density at radius 3 is 2.78 bits per heavy atom. The van der Waals surface area contributed by atoms with E-state index in [0.717, 1.165) is 17.5 Å². The average molecular weight is 364 g/mol. The summed E-state index contributed by atoms with van der Waals surface area (Å²) in [6.07, 6.45) is 2.89. The molecule has 5 heteroatoms. The molecule has 1 amide bonds. The van der Waals surface area contributed by atoms with Crippen LogP contribution >= 0.6 is 0 Å². The van der Waals surface area contributed by atoms with Crippen molar-refractivity contribution in [1.29, 1.82) is 0 Å². The number of carbonyl (C=O) groups is 2. The smallest absolute Gasteiger partial charge is 0.306 e. The Bertz CT molecular complexity index is 945. The maximum absolute atomic E-state index is 12.2. The second-order valence-corrected chi connectivity index (χ2v) is 6.70. The van der Waals surface area contributed by atoms with Gasteiger partial charge in [-0.15, -0.1) is 0 Å². The molecular formula is C22H24N2O3. The van der Waals surface area contributed by atoms with Crippen LogP contribution in [0.5, 0.6) is 0 Å². The van der Waals surface area contributed by atoms with Crippen molar-refractivity contribution in [1.82, 2.24) is 4.98 Å². The normalized spacial score (nSPS) is 11.9. The molecule has 0 radical (unpaired) electrons. The first-order valence-electron chi connectivity index (χ1n) is 9.15. The number of benzene rings is 2. The minimum Gasteiger partial charge on any atom is -0.453 e. The summed E-state index contributed by atoms with van der Waals surface area (Å²) in [4.78, 5) is 27.5. The first kappa shape index (κ1) is 18.7. The van der Waals surface area contributed by atoms with Crippen molar-refractivity contribution in [3.8, 4) is 0 Å². The fourth-order valence-electron chi connectivity index (χ4n) is 3.04. The zero-order valence-electron chi connectivity index (χ0n) is 15.6. The fourth-order valence-corrected chi connectivity index (χ4v) is 3.04. The van der Waals surface area contributed by atoms with Gasteiger partial charge in [0.05, 0.1) is 0 Å². The lowest BCUT2D eigenvalue weighted by Gasteiger charge is -2.13. The first-order valence-corrected chi connectivity index (χ1v) is 9.15. The van der Waals surface area contributed by atoms with Gasteiger partial charge < -0.3 is 15.0 Å². The molecule has 27 heavy (non-hydrogen) atoms. The van der Waals surface area contributed by atoms with E-state index in [9.17, 15) is 9.59 Å². The van der Waals surface area contributed by atoms with Crippen LogP contribution in [-0.4, -0.2) is 23.0 Å². The number of rotatable bonds is 7. The number of aryl methyl sites for hydroxylation is 2. The minimum atomic E-state index is -0.828. The summed E-state index contributed by atoms with van der Waals surface area (Å²) in [7, 11) is 0. The lowest BCUT2D eigenvalue weighted by Crippen LogP contribution is -2.29. The van der Waals surface area contributed by atoms with Crippen molar-refractivity contribution in [2.45, 2.75) is 39.2 Å². The van der Waals surface area contributed by atoms with Crippen LogP contribution in [-0.2, 0) is 20.7 Å². The van der Waals surface area contributed by atoms with Gasteiger partial charge in [0.15, 0.2) is 6.10 Å². The third kappa shape index (κ3) is 4.97. The quantitative estimate of drug-likeness (QED) is 0.612. The Hall–Kier alpha value is -3.08. The first-order chi connectivity index (χ1) is 13.0. The monoisotopic (exact) mass is 364 g/mol. The molecule has 0 spiro atoms. The Kier molecular flexibility index (Phi) is 5.91. The van der Waals surface area contributed by atoms with E-state index >= 15 is 0 Å². The number of esters is 1. The maximum atomic E-state index is 12.2. The van der Waals surface area contributed by atoms with E-state index < -0.39 is 6.10 Å². The topological polar surface area (TPSA) is 71.2 Å². The fraction of sp³-hybridized carbons (Fsp3) is 0.273. The van der Waals surface area contributed by atoms with E-state index in [1.807, 2.05) is 49.5 Å². The van der Waals surface area contributed by atoms with Gasteiger partial charge in [-0.2, -0.15) is 0 Å². The van der Waals surface area contributed by atoms with Crippen LogP contribution in [0.15, 0.2) is 54.7 Å². The van der Waals surface area contributed by atoms with Gasteiger partial charge in [-0.1, -0.05) is 30.3 Å². The molecule has 0 bridgehead atoms. The second kappa shape index (κ2) is 8.54. The summed E-state index contributed by atoms with van der Waals surface area (Å²) in [6, 6.07) is 15.6. The zero-order chi connectivity index (χ0) is 19.2. The summed E-state index contributed by atoms with van der Waals surface area (Å²) in [5, 5.41) is 3.94. The van der Waals surface area contributed by atoms with Gasteiger partial charge in [0, 0.05) is 29.2 Å². The molecule has 2 N–H and O–H groups in total. The second-order valence-electron chi connectivity index (χ2n) is 6.70. The number of anilines is 1. The minimum absolute atomic E-state index is 0.279. The van der Waals surface area contributed by atoms with Gasteiger partial charge in [0.1, 0.15) is 0 Å². The lowest BCUT2D eigenvalue weighted by molar-refractivity contribution is -0.153. The predicted molar refractivity (Wildman–Crippen MR) is 107 cm³/mol. The van der Waals surface area contributed by atoms with Crippen LogP contribution in [0.3, 0.4) is 0 Å². The van der Waals surface area contributed by atoms with Crippen molar-refractivity contribution in [3.05, 3.63) is 65.9 Å². The van der Waals surface area contributed by atoms with Gasteiger partial charge in [-0.25, -0.2) is 0 Å². The zero-order valence-corrected chi connectivity index (χ0v) is 15.6. The van der Waals surface area contributed by atoms with Crippen LogP contribution in [0.2, 0.25) is 0 Å². The largest absolute Gasteiger partial charge is 0.453 e. The molecule has 140 valence electrons. The number of para-hydroxylation sites is 1. The SMILES string of the molecule is Cc1cccc(NC(=O)[C@@H](C)OC(=O)CCCc2c[nH]c3ccccc23)c1. The highest BCUT2D eigenvalue weighted by Gasteiger charge is 2.18. The third-order valence-electron chi connectivity index (χ3n) is 4.46. The highest BCUT2D eigenvalue weighted by atomic mass is 16.5. The molecule has 0 fully saturated rings. The van der Waals surface area contributed by atoms with Crippen molar-refractivity contribution in [3.63, 3.8) is 0 Å². The summed E-state index contributed by atoms with van der Waals surface area (Å²) < 4.78 is 5.26. The molecule has 0 unspecified atom stereocenters. The molecule has 1 heterocycles. The van der Waals surface area contributed by atoms with Crippen molar-refractivity contribution >= 4 is 28.5 Å². The number of carbonyl (C=O) groups excluding carboxylic acids is 2. The summed E-state index contributed by atoms with van der Waals surface area (Å²) in [5.41, 5.74) is 4.03. The standard InChI is InChI=1S/C22H24N2O3/c1-15-7-5-9-18(13-15)24-22(26)16(2)27-21(25)12-6-8-17-14-23-20-11-4-3-10-19(17)20/h3-5,7,9-11,13-14,16,23H,6,8,12H2,1-2H3,(H,24,26)/t16-/m1/s1. The molecule has 3 rings (SSSR count). The van der Waals surface area contributed by atoms with E-state index in [-0.39, 0.29) is 18.3 Å². The van der Waals surface area contributed by atoms with E-state index in [0.29, 0.717) is 12.1 Å². The maximum Gasteiger partial charge on any atom is 0.306 e. The highest BCUT2D eigenvalue weighted by Crippen LogP contribution is 2.19. The Morgan fingerprint density at radius 1 is 1.15 bits per heavy atom. The van der Waals surface area contributed by atoms with E-state index in [1.165, 1.54) is 10.9 Å². The highest BCUT2D eigenvalue weighted by molar-refractivity contribution is 5.95. The number of ether oxygens (including phenoxy) is 1. The number of hydrogen-bond acceptors (Lipinski definition) is 3. The molecule has 0 aliphatic carbocycles. The van der Waals surface area contributed by atoms with Crippen LogP contribution in [0, 0.1) is 6.92 Å². The molecule has 1 aromatic heterocycles. The van der Waals surface area contributed by atoms with Crippen LogP contribution < -0.4 is 5.32 Å². The summed E-state index contributed by atoms with van der Waals surface area (Å²) >= 11 is 0. The number of aromatic nitrogens is 1. The van der Waals surface area contributed by atoms with Crippen LogP contribution in [0.25, 0.3) is 10.9 Å². The lowest BCUT2D eigenvalue weighted by atomic mass is 10.1. The molecule has 5 nitrogen and oxygen atoms in total. The summed E-state index contributed by atoms with van der Waals surface area (Å²) in [6.45, 7) is 3.54. The Balaban J connectivity index is 1.45. The van der Waals surface area contributed by atoms with Gasteiger partial charge >= 0.3 is 5.97 Å². The number of amides is 1. The summed E-state index contributed by atoms with van der Waals surface area (Å²) in [5.74, 6) is -0.688. The van der Waals surface area contributed by atoms with Crippen LogP contribution in [0.4, 0.5) is 5.69 Å². The Morgan fingerprint density at radius 2 is 1.96 bits per heavy atom. The van der Waals surface area contributed by atoms with Crippen LogP contribution in [0.1, 0.15) is 30.9 Å². The average Bonchev–Trinajstić information content (AvgIpc) is 3.05. The molecule has 3 aromatic rings. The molecule has 0 saturated carbocycles. The van der Waals surface area contributed by atoms with E-state index in [4.69, 9.17) is 4.74 Å². The molecule has 0 aliphatic rings. The number of aromatic amines is 1. The predicted octanol–water partition coefficient (Wildman–Crippen LogP) is 4.37. The number of nitrogens with one attached hydrogen (secondary N) is 2. The van der Waals surface area contributed by atoms with E-state index in [1.54, 1.807) is 13.0 Å². The molecule has 1 atom stereocenters. The van der Waals surface area contributed by atoms with Gasteiger partial charge in [0.25, 0.3) is 5.91 Å². The van der Waals surface area contributed by atoms with Crippen molar-refractivity contribution < 1.29 is 14.3 Å². The van der Waals surface area contributed by atoms with Crippen molar-refractivity contribution in [2.75, 3.05) is 5.32 Å². The van der Waals surface area contributed by atoms with Crippen molar-refractivity contribution in [2.24, 2.45) is 0 Å².